The molecule has 0 unspecified atom stereocenters. The third kappa shape index (κ3) is 2.57. The van der Waals surface area contributed by atoms with Gasteiger partial charge in [-0.1, -0.05) is 0 Å². The number of carbonyl (C=O) groups is 1. The molecule has 19 heavy (non-hydrogen) atoms. The highest BCUT2D eigenvalue weighted by molar-refractivity contribution is 7.89. The van der Waals surface area contributed by atoms with Gasteiger partial charge in [-0.05, 0) is 31.0 Å². The minimum absolute atomic E-state index is 0.00295. The molecule has 0 bridgehead atoms. The molecule has 1 N–H and O–H groups in total. The van der Waals surface area contributed by atoms with Gasteiger partial charge in [0.05, 0.1) is 12.7 Å². The Balaban J connectivity index is 2.52. The second-order valence-corrected chi connectivity index (χ2v) is 6.39. The van der Waals surface area contributed by atoms with E-state index in [1.165, 1.54) is 30.6 Å². The number of nitrogens with zero attached hydrogens (tertiary/aromatic N) is 1. The van der Waals surface area contributed by atoms with Crippen LogP contribution in [0.5, 0.6) is 5.75 Å². The fourth-order valence-electron chi connectivity index (χ4n) is 1.80. The van der Waals surface area contributed by atoms with Crippen LogP contribution in [0.1, 0.15) is 23.2 Å². The summed E-state index contributed by atoms with van der Waals surface area (Å²) in [4.78, 5) is 10.8. The smallest absolute Gasteiger partial charge is 0.335 e. The Hall–Kier alpha value is -1.60. The van der Waals surface area contributed by atoms with Crippen molar-refractivity contribution in [2.45, 2.75) is 23.8 Å². The molecule has 0 saturated heterocycles. The van der Waals surface area contributed by atoms with E-state index < -0.39 is 16.0 Å². The van der Waals surface area contributed by atoms with Crippen molar-refractivity contribution in [3.05, 3.63) is 23.8 Å². The molecule has 0 radical (unpaired) electrons. The average Bonchev–Trinajstić information content (AvgIpc) is 3.21. The van der Waals surface area contributed by atoms with Crippen LogP contribution in [0, 0.1) is 0 Å². The van der Waals surface area contributed by atoms with Gasteiger partial charge in [-0.25, -0.2) is 13.2 Å². The van der Waals surface area contributed by atoms with Crippen molar-refractivity contribution in [1.82, 2.24) is 4.31 Å². The van der Waals surface area contributed by atoms with Crippen LogP contribution in [-0.2, 0) is 10.0 Å². The fraction of sp³-hybridized carbons (Fsp3) is 0.417. The number of aromatic carboxylic acids is 1. The molecule has 0 heterocycles. The van der Waals surface area contributed by atoms with Crippen molar-refractivity contribution in [3.8, 4) is 5.75 Å². The molecule has 1 aromatic carbocycles. The van der Waals surface area contributed by atoms with Gasteiger partial charge in [-0.15, -0.1) is 0 Å². The average molecular weight is 285 g/mol. The molecule has 2 rings (SSSR count). The van der Waals surface area contributed by atoms with Crippen LogP contribution in [0.25, 0.3) is 0 Å². The van der Waals surface area contributed by atoms with Crippen LogP contribution in [0.2, 0.25) is 0 Å². The summed E-state index contributed by atoms with van der Waals surface area (Å²) in [5.41, 5.74) is -0.0800. The maximum atomic E-state index is 12.4. The summed E-state index contributed by atoms with van der Waals surface area (Å²) in [6.45, 7) is 0. The Bertz CT molecular complexity index is 607. The number of rotatable bonds is 5. The Kier molecular flexibility index (Phi) is 3.51. The van der Waals surface area contributed by atoms with Crippen molar-refractivity contribution in [2.75, 3.05) is 14.2 Å². The largest absolute Gasteiger partial charge is 0.495 e. The van der Waals surface area contributed by atoms with E-state index in [4.69, 9.17) is 9.84 Å². The van der Waals surface area contributed by atoms with E-state index in [1.807, 2.05) is 0 Å². The van der Waals surface area contributed by atoms with Crippen molar-refractivity contribution in [1.29, 1.82) is 0 Å². The zero-order chi connectivity index (χ0) is 14.2. The SMILES string of the molecule is COc1ccc(C(=O)O)cc1S(=O)(=O)N(C)C1CC1. The van der Waals surface area contributed by atoms with Gasteiger partial charge in [-0.2, -0.15) is 4.31 Å². The summed E-state index contributed by atoms with van der Waals surface area (Å²) in [5, 5.41) is 8.95. The van der Waals surface area contributed by atoms with Gasteiger partial charge in [0.1, 0.15) is 10.6 Å². The van der Waals surface area contributed by atoms with E-state index in [2.05, 4.69) is 0 Å². The maximum absolute atomic E-state index is 12.4. The second kappa shape index (κ2) is 4.82. The van der Waals surface area contributed by atoms with E-state index in [1.54, 1.807) is 0 Å². The predicted molar refractivity (Wildman–Crippen MR) is 67.9 cm³/mol. The highest BCUT2D eigenvalue weighted by atomic mass is 32.2. The number of carboxylic acid groups (broad SMARTS) is 1. The molecule has 6 nitrogen and oxygen atoms in total. The molecule has 104 valence electrons. The number of hydrogen-bond acceptors (Lipinski definition) is 4. The number of carboxylic acids is 1. The number of ether oxygens (including phenoxy) is 1. The third-order valence-corrected chi connectivity index (χ3v) is 5.06. The third-order valence-electron chi connectivity index (χ3n) is 3.13. The predicted octanol–water partition coefficient (Wildman–Crippen LogP) is 1.18. The Labute approximate surface area is 111 Å². The quantitative estimate of drug-likeness (QED) is 0.878. The molecule has 7 heteroatoms. The Morgan fingerprint density at radius 1 is 1.42 bits per heavy atom. The maximum Gasteiger partial charge on any atom is 0.335 e. The number of methoxy groups -OCH3 is 1. The summed E-state index contributed by atoms with van der Waals surface area (Å²) in [6.07, 6.45) is 1.66. The first-order valence-corrected chi connectivity index (χ1v) is 7.21. The Morgan fingerprint density at radius 3 is 2.53 bits per heavy atom. The molecule has 1 fully saturated rings. The molecule has 0 aromatic heterocycles. The molecule has 0 aliphatic heterocycles. The van der Waals surface area contributed by atoms with Gasteiger partial charge in [0.2, 0.25) is 10.0 Å². The molecule has 1 aromatic rings. The first kappa shape index (κ1) is 13.8. The lowest BCUT2D eigenvalue weighted by Gasteiger charge is -2.18. The van der Waals surface area contributed by atoms with Crippen LogP contribution in [0.15, 0.2) is 23.1 Å². The van der Waals surface area contributed by atoms with Gasteiger partial charge < -0.3 is 9.84 Å². The van der Waals surface area contributed by atoms with Crippen LogP contribution < -0.4 is 4.74 Å². The van der Waals surface area contributed by atoms with E-state index in [9.17, 15) is 13.2 Å². The molecular weight excluding hydrogens is 270 g/mol. The van der Waals surface area contributed by atoms with Crippen molar-refractivity contribution in [2.24, 2.45) is 0 Å². The summed E-state index contributed by atoms with van der Waals surface area (Å²) in [6, 6.07) is 3.81. The van der Waals surface area contributed by atoms with E-state index >= 15 is 0 Å². The number of sulfonamides is 1. The summed E-state index contributed by atoms with van der Waals surface area (Å²) < 4.78 is 31.1. The lowest BCUT2D eigenvalue weighted by Crippen LogP contribution is -2.29. The lowest BCUT2D eigenvalue weighted by atomic mass is 10.2. The number of hydrogen-bond donors (Lipinski definition) is 1. The molecule has 0 atom stereocenters. The molecular formula is C12H15NO5S. The monoisotopic (exact) mass is 285 g/mol. The zero-order valence-corrected chi connectivity index (χ0v) is 11.5. The number of benzene rings is 1. The van der Waals surface area contributed by atoms with Gasteiger partial charge >= 0.3 is 5.97 Å². The van der Waals surface area contributed by atoms with Crippen molar-refractivity contribution in [3.63, 3.8) is 0 Å². The van der Waals surface area contributed by atoms with E-state index in [-0.39, 0.29) is 22.3 Å². The summed E-state index contributed by atoms with van der Waals surface area (Å²) in [5.74, 6) is -1.02. The van der Waals surface area contributed by atoms with E-state index in [0.29, 0.717) is 0 Å². The first-order chi connectivity index (χ1) is 8.87. The molecule has 1 saturated carbocycles. The first-order valence-electron chi connectivity index (χ1n) is 5.77. The van der Waals surface area contributed by atoms with Gasteiger partial charge in [-0.3, -0.25) is 0 Å². The zero-order valence-electron chi connectivity index (χ0n) is 10.7. The molecule has 0 amide bonds. The van der Waals surface area contributed by atoms with Crippen LogP contribution in [0.3, 0.4) is 0 Å². The molecule has 1 aliphatic carbocycles. The Morgan fingerprint density at radius 2 is 2.05 bits per heavy atom. The topological polar surface area (TPSA) is 83.9 Å². The lowest BCUT2D eigenvalue weighted by molar-refractivity contribution is 0.0696. The van der Waals surface area contributed by atoms with Crippen LogP contribution in [-0.4, -0.2) is 44.0 Å². The minimum Gasteiger partial charge on any atom is -0.495 e. The highest BCUT2D eigenvalue weighted by Crippen LogP contribution is 2.34. The fourth-order valence-corrected chi connectivity index (χ4v) is 3.40. The molecule has 1 aliphatic rings. The van der Waals surface area contributed by atoms with Crippen molar-refractivity contribution < 1.29 is 23.1 Å². The normalized spacial score (nSPS) is 15.5. The minimum atomic E-state index is -3.73. The van der Waals surface area contributed by atoms with Crippen LogP contribution in [0.4, 0.5) is 0 Å². The summed E-state index contributed by atoms with van der Waals surface area (Å²) in [7, 11) is -0.877. The standard InChI is InChI=1S/C12H15NO5S/c1-13(9-4-5-9)19(16,17)11-7-8(12(14)15)3-6-10(11)18-2/h3,6-7,9H,4-5H2,1-2H3,(H,14,15). The van der Waals surface area contributed by atoms with E-state index in [0.717, 1.165) is 18.9 Å². The van der Waals surface area contributed by atoms with Gasteiger partial charge in [0, 0.05) is 13.1 Å². The second-order valence-electron chi connectivity index (χ2n) is 4.42. The van der Waals surface area contributed by atoms with Crippen LogP contribution >= 0.6 is 0 Å². The summed E-state index contributed by atoms with van der Waals surface area (Å²) >= 11 is 0. The molecule has 0 spiro atoms. The highest BCUT2D eigenvalue weighted by Gasteiger charge is 2.36. The van der Waals surface area contributed by atoms with Gasteiger partial charge in [0.25, 0.3) is 0 Å². The van der Waals surface area contributed by atoms with Gasteiger partial charge in [0.15, 0.2) is 0 Å². The van der Waals surface area contributed by atoms with Crippen molar-refractivity contribution >= 4 is 16.0 Å².